The van der Waals surface area contributed by atoms with Crippen molar-refractivity contribution in [1.82, 2.24) is 10.6 Å². The van der Waals surface area contributed by atoms with Gasteiger partial charge in [0.15, 0.2) is 0 Å². The Balaban J connectivity index is 1.62. The van der Waals surface area contributed by atoms with Crippen LogP contribution >= 0.6 is 0 Å². The number of hydrogen-bond acceptors (Lipinski definition) is 2. The lowest BCUT2D eigenvalue weighted by atomic mass is 9.92. The minimum Gasteiger partial charge on any atom is -0.376 e. The quantitative estimate of drug-likeness (QED) is 0.817. The molecule has 0 spiro atoms. The fraction of sp³-hybridized carbons (Fsp3) is 0.917. The van der Waals surface area contributed by atoms with Crippen molar-refractivity contribution in [3.8, 4) is 0 Å². The van der Waals surface area contributed by atoms with Crippen LogP contribution in [-0.2, 0) is 4.74 Å². The Labute approximate surface area is 105 Å². The number of alkyl halides is 2. The van der Waals surface area contributed by atoms with Crippen LogP contribution < -0.4 is 10.6 Å². The van der Waals surface area contributed by atoms with Crippen LogP contribution in [0.1, 0.15) is 38.5 Å². The van der Waals surface area contributed by atoms with Gasteiger partial charge in [-0.1, -0.05) is 0 Å². The number of hydrogen-bond donors (Lipinski definition) is 2. The highest BCUT2D eigenvalue weighted by Crippen LogP contribution is 2.32. The first-order chi connectivity index (χ1) is 8.55. The zero-order valence-corrected chi connectivity index (χ0v) is 10.4. The molecule has 2 rings (SSSR count). The van der Waals surface area contributed by atoms with E-state index in [-0.39, 0.29) is 31.0 Å². The highest BCUT2D eigenvalue weighted by Gasteiger charge is 2.35. The zero-order valence-electron chi connectivity index (χ0n) is 10.4. The van der Waals surface area contributed by atoms with Crippen LogP contribution in [0.25, 0.3) is 0 Å². The van der Waals surface area contributed by atoms with E-state index in [1.54, 1.807) is 0 Å². The molecule has 6 heteroatoms. The van der Waals surface area contributed by atoms with Gasteiger partial charge in [-0.05, 0) is 25.7 Å². The molecule has 1 aliphatic carbocycles. The summed E-state index contributed by atoms with van der Waals surface area (Å²) in [7, 11) is 0. The van der Waals surface area contributed by atoms with Crippen LogP contribution in [0.15, 0.2) is 0 Å². The van der Waals surface area contributed by atoms with Crippen molar-refractivity contribution >= 4 is 6.03 Å². The highest BCUT2D eigenvalue weighted by molar-refractivity contribution is 5.74. The predicted molar refractivity (Wildman–Crippen MR) is 62.7 cm³/mol. The Kier molecular flexibility index (Phi) is 4.37. The second-order valence-corrected chi connectivity index (χ2v) is 5.12. The van der Waals surface area contributed by atoms with Gasteiger partial charge in [0.1, 0.15) is 0 Å². The van der Waals surface area contributed by atoms with E-state index in [4.69, 9.17) is 4.74 Å². The summed E-state index contributed by atoms with van der Waals surface area (Å²) in [6, 6.07) is -0.408. The fourth-order valence-corrected chi connectivity index (χ4v) is 2.43. The minimum atomic E-state index is -2.55. The Bertz CT molecular complexity index is 284. The maximum Gasteiger partial charge on any atom is 0.315 e. The summed E-state index contributed by atoms with van der Waals surface area (Å²) in [4.78, 5) is 11.6. The number of ether oxygens (including phenoxy) is 1. The normalized spacial score (nSPS) is 28.0. The van der Waals surface area contributed by atoms with Gasteiger partial charge in [-0.2, -0.15) is 0 Å². The first kappa shape index (κ1) is 13.5. The molecule has 1 heterocycles. The van der Waals surface area contributed by atoms with Crippen molar-refractivity contribution in [2.24, 2.45) is 0 Å². The van der Waals surface area contributed by atoms with Gasteiger partial charge in [0.25, 0.3) is 0 Å². The van der Waals surface area contributed by atoms with Crippen molar-refractivity contribution in [2.45, 2.75) is 56.6 Å². The number of rotatable bonds is 3. The van der Waals surface area contributed by atoms with E-state index < -0.39 is 5.92 Å². The van der Waals surface area contributed by atoms with E-state index in [2.05, 4.69) is 10.6 Å². The maximum atomic E-state index is 12.9. The number of nitrogens with one attached hydrogen (secondary N) is 2. The second-order valence-electron chi connectivity index (χ2n) is 5.12. The average molecular weight is 262 g/mol. The standard InChI is InChI=1S/C12H20F2N2O2/c13-12(14)5-3-9(4-6-12)16-11(17)15-8-10-2-1-7-18-10/h9-10H,1-8H2,(H2,15,16,17)/t10-/m1/s1. The summed E-state index contributed by atoms with van der Waals surface area (Å²) >= 11 is 0. The van der Waals surface area contributed by atoms with Gasteiger partial charge >= 0.3 is 6.03 Å². The third-order valence-electron chi connectivity index (χ3n) is 3.57. The molecule has 1 saturated carbocycles. The monoisotopic (exact) mass is 262 g/mol. The molecule has 18 heavy (non-hydrogen) atoms. The lowest BCUT2D eigenvalue weighted by molar-refractivity contribution is -0.0395. The third-order valence-corrected chi connectivity index (χ3v) is 3.57. The molecule has 2 fully saturated rings. The molecule has 4 nitrogen and oxygen atoms in total. The predicted octanol–water partition coefficient (Wildman–Crippen LogP) is 2.04. The summed E-state index contributed by atoms with van der Waals surface area (Å²) in [6.07, 6.45) is 2.53. The molecule has 0 radical (unpaired) electrons. The molecule has 1 saturated heterocycles. The molecular formula is C12H20F2N2O2. The number of amides is 2. The lowest BCUT2D eigenvalue weighted by Gasteiger charge is -2.28. The van der Waals surface area contributed by atoms with E-state index in [1.807, 2.05) is 0 Å². The van der Waals surface area contributed by atoms with Crippen molar-refractivity contribution in [3.63, 3.8) is 0 Å². The lowest BCUT2D eigenvalue weighted by Crippen LogP contribution is -2.46. The van der Waals surface area contributed by atoms with E-state index in [0.29, 0.717) is 19.4 Å². The van der Waals surface area contributed by atoms with Gasteiger partial charge in [-0.3, -0.25) is 0 Å². The second kappa shape index (κ2) is 5.82. The van der Waals surface area contributed by atoms with Crippen LogP contribution in [0.2, 0.25) is 0 Å². The number of urea groups is 1. The van der Waals surface area contributed by atoms with Crippen LogP contribution in [-0.4, -0.2) is 37.3 Å². The molecule has 1 aliphatic heterocycles. The van der Waals surface area contributed by atoms with Crippen molar-refractivity contribution < 1.29 is 18.3 Å². The van der Waals surface area contributed by atoms with Crippen LogP contribution in [0.5, 0.6) is 0 Å². The van der Waals surface area contributed by atoms with Gasteiger partial charge in [0.05, 0.1) is 6.10 Å². The van der Waals surface area contributed by atoms with Crippen LogP contribution in [0, 0.1) is 0 Å². The molecule has 1 atom stereocenters. The Hall–Kier alpha value is -0.910. The molecule has 2 N–H and O–H groups in total. The van der Waals surface area contributed by atoms with Gasteiger partial charge < -0.3 is 15.4 Å². The summed E-state index contributed by atoms with van der Waals surface area (Å²) < 4.78 is 31.2. The van der Waals surface area contributed by atoms with E-state index in [9.17, 15) is 13.6 Å². The molecule has 0 unspecified atom stereocenters. The molecule has 2 aliphatic rings. The van der Waals surface area contributed by atoms with Crippen LogP contribution in [0.3, 0.4) is 0 Å². The zero-order chi connectivity index (χ0) is 13.0. The van der Waals surface area contributed by atoms with E-state index >= 15 is 0 Å². The van der Waals surface area contributed by atoms with Gasteiger partial charge in [-0.15, -0.1) is 0 Å². The van der Waals surface area contributed by atoms with Gasteiger partial charge in [0.2, 0.25) is 5.92 Å². The van der Waals surface area contributed by atoms with Gasteiger partial charge in [-0.25, -0.2) is 13.6 Å². The Morgan fingerprint density at radius 3 is 2.61 bits per heavy atom. The van der Waals surface area contributed by atoms with E-state index in [1.165, 1.54) is 0 Å². The molecule has 2 amide bonds. The average Bonchev–Trinajstić information content (AvgIpc) is 2.82. The third kappa shape index (κ3) is 4.08. The summed E-state index contributed by atoms with van der Waals surface area (Å²) in [6.45, 7) is 1.25. The fourth-order valence-electron chi connectivity index (χ4n) is 2.43. The maximum absolute atomic E-state index is 12.9. The first-order valence-electron chi connectivity index (χ1n) is 6.59. The van der Waals surface area contributed by atoms with Crippen molar-refractivity contribution in [2.75, 3.05) is 13.2 Å². The molecule has 104 valence electrons. The molecule has 0 bridgehead atoms. The smallest absolute Gasteiger partial charge is 0.315 e. The largest absolute Gasteiger partial charge is 0.376 e. The molecule has 0 aromatic carbocycles. The first-order valence-corrected chi connectivity index (χ1v) is 6.59. The summed E-state index contributed by atoms with van der Waals surface area (Å²) in [5.74, 6) is -2.55. The number of halogens is 2. The Morgan fingerprint density at radius 1 is 1.28 bits per heavy atom. The van der Waals surface area contributed by atoms with Crippen molar-refractivity contribution in [3.05, 3.63) is 0 Å². The summed E-state index contributed by atoms with van der Waals surface area (Å²) in [5.41, 5.74) is 0. The number of carbonyl (C=O) groups is 1. The van der Waals surface area contributed by atoms with Crippen molar-refractivity contribution in [1.29, 1.82) is 0 Å². The van der Waals surface area contributed by atoms with Crippen LogP contribution in [0.4, 0.5) is 13.6 Å². The molecular weight excluding hydrogens is 242 g/mol. The number of carbonyl (C=O) groups excluding carboxylic acids is 1. The minimum absolute atomic E-state index is 0.103. The Morgan fingerprint density at radius 2 is 2.00 bits per heavy atom. The SMILES string of the molecule is O=C(NC[C@H]1CCCO1)NC1CCC(F)(F)CC1. The van der Waals surface area contributed by atoms with Gasteiger partial charge in [0, 0.05) is 32.0 Å². The highest BCUT2D eigenvalue weighted by atomic mass is 19.3. The topological polar surface area (TPSA) is 50.4 Å². The summed E-state index contributed by atoms with van der Waals surface area (Å²) in [5, 5.41) is 5.47. The molecule has 0 aromatic rings. The van der Waals surface area contributed by atoms with E-state index in [0.717, 1.165) is 19.4 Å². The molecule has 0 aromatic heterocycles.